The number of carbonyl (C=O) groups excluding carboxylic acids is 1. The fourth-order valence-electron chi connectivity index (χ4n) is 2.45. The minimum Gasteiger partial charge on any atom is -0.383 e. The number of carbonyl (C=O) groups is 1. The zero-order valence-electron chi connectivity index (χ0n) is 14.9. The number of amides is 2. The van der Waals surface area contributed by atoms with Crippen molar-refractivity contribution in [2.75, 3.05) is 37.9 Å². The summed E-state index contributed by atoms with van der Waals surface area (Å²) < 4.78 is 4.55. The Hall–Kier alpha value is -0.620. The maximum atomic E-state index is 12.7. The van der Waals surface area contributed by atoms with E-state index in [0.717, 1.165) is 22.8 Å². The molecule has 0 aromatic heterocycles. The molecule has 1 N–H and O–H groups in total. The number of ether oxygens (including phenoxy) is 1. The zero-order valence-corrected chi connectivity index (χ0v) is 17.3. The van der Waals surface area contributed by atoms with Crippen molar-refractivity contribution in [1.29, 1.82) is 0 Å². The van der Waals surface area contributed by atoms with E-state index in [1.165, 1.54) is 0 Å². The number of benzene rings is 1. The lowest BCUT2D eigenvalue weighted by molar-refractivity contribution is 0.150. The molecule has 25 heavy (non-hydrogen) atoms. The molecule has 7 heteroatoms. The van der Waals surface area contributed by atoms with Gasteiger partial charge in [-0.25, -0.2) is 4.79 Å². The van der Waals surface area contributed by atoms with Gasteiger partial charge in [0.2, 0.25) is 0 Å². The van der Waals surface area contributed by atoms with Crippen molar-refractivity contribution in [1.82, 2.24) is 4.90 Å². The third-order valence-corrected chi connectivity index (χ3v) is 6.12. The molecule has 1 fully saturated rings. The number of methoxy groups -OCH3 is 1. The molecule has 0 radical (unpaired) electrons. The Balaban J connectivity index is 1.98. The highest BCUT2D eigenvalue weighted by atomic mass is 35.5. The number of para-hydroxylation sites is 1. The van der Waals surface area contributed by atoms with Crippen LogP contribution in [0.1, 0.15) is 20.3 Å². The molecule has 2 rings (SSSR count). The fourth-order valence-corrected chi connectivity index (χ4v) is 4.39. The minimum atomic E-state index is -0.570. The van der Waals surface area contributed by atoms with E-state index in [1.54, 1.807) is 23.8 Å². The van der Waals surface area contributed by atoms with E-state index in [-0.39, 0.29) is 6.03 Å². The van der Waals surface area contributed by atoms with Gasteiger partial charge in [-0.2, -0.15) is 0 Å². The molecule has 0 bridgehead atoms. The van der Waals surface area contributed by atoms with Crippen molar-refractivity contribution in [3.8, 4) is 0 Å². The van der Waals surface area contributed by atoms with Crippen molar-refractivity contribution in [2.24, 2.45) is 11.8 Å². The number of hydrogen-bond acceptors (Lipinski definition) is 3. The summed E-state index contributed by atoms with van der Waals surface area (Å²) in [6.07, 6.45) is 0.830. The van der Waals surface area contributed by atoms with Crippen LogP contribution in [0.25, 0.3) is 0 Å². The SMILES string of the molecule is COCCN(CC(C)C)C(=O)Nc1ccccc1SCC1CC1(Cl)Cl. The van der Waals surface area contributed by atoms with Gasteiger partial charge < -0.3 is 15.0 Å². The second-order valence-electron chi connectivity index (χ2n) is 6.73. The molecular weight excluding hydrogens is 379 g/mol. The van der Waals surface area contributed by atoms with Gasteiger partial charge in [-0.05, 0) is 24.5 Å². The maximum absolute atomic E-state index is 12.7. The van der Waals surface area contributed by atoms with E-state index in [2.05, 4.69) is 19.2 Å². The standard InChI is InChI=1S/C18H26Cl2N2O2S/c1-13(2)11-22(8-9-24-3)17(23)21-15-6-4-5-7-16(15)25-12-14-10-18(14,19)20/h4-7,13-14H,8-12H2,1-3H3,(H,21,23). The molecular formula is C18H26Cl2N2O2S. The van der Waals surface area contributed by atoms with Crippen LogP contribution in [0.2, 0.25) is 0 Å². The molecule has 4 nitrogen and oxygen atoms in total. The largest absolute Gasteiger partial charge is 0.383 e. The Morgan fingerprint density at radius 1 is 1.44 bits per heavy atom. The van der Waals surface area contributed by atoms with Crippen LogP contribution in [0.15, 0.2) is 29.2 Å². The molecule has 2 amide bonds. The predicted molar refractivity (Wildman–Crippen MR) is 107 cm³/mol. The third kappa shape index (κ3) is 6.55. The summed E-state index contributed by atoms with van der Waals surface area (Å²) in [5.74, 6) is 1.55. The van der Waals surface area contributed by atoms with Crippen LogP contribution >= 0.6 is 35.0 Å². The van der Waals surface area contributed by atoms with Gasteiger partial charge in [-0.1, -0.05) is 26.0 Å². The first-order valence-electron chi connectivity index (χ1n) is 8.48. The smallest absolute Gasteiger partial charge is 0.321 e. The summed E-state index contributed by atoms with van der Waals surface area (Å²) in [5.41, 5.74) is 0.819. The molecule has 1 saturated carbocycles. The van der Waals surface area contributed by atoms with Crippen molar-refractivity contribution >= 4 is 46.7 Å². The second kappa shape index (κ2) is 9.36. The number of nitrogens with zero attached hydrogens (tertiary/aromatic N) is 1. The fraction of sp³-hybridized carbons (Fsp3) is 0.611. The average molecular weight is 405 g/mol. The molecule has 140 valence electrons. The lowest BCUT2D eigenvalue weighted by Crippen LogP contribution is -2.39. The molecule has 1 aromatic carbocycles. The number of halogens is 2. The van der Waals surface area contributed by atoms with Crippen LogP contribution < -0.4 is 5.32 Å². The lowest BCUT2D eigenvalue weighted by atomic mass is 10.2. The Kier molecular flexibility index (Phi) is 7.74. The lowest BCUT2D eigenvalue weighted by Gasteiger charge is -2.25. The first kappa shape index (κ1) is 20.7. The highest BCUT2D eigenvalue weighted by Crippen LogP contribution is 2.55. The molecule has 1 atom stereocenters. The number of nitrogens with one attached hydrogen (secondary N) is 1. The monoisotopic (exact) mass is 404 g/mol. The van der Waals surface area contributed by atoms with Crippen molar-refractivity contribution in [2.45, 2.75) is 29.5 Å². The summed E-state index contributed by atoms with van der Waals surface area (Å²) >= 11 is 13.9. The summed E-state index contributed by atoms with van der Waals surface area (Å²) in [5, 5.41) is 3.03. The van der Waals surface area contributed by atoms with Gasteiger partial charge in [-0.3, -0.25) is 0 Å². The summed E-state index contributed by atoms with van der Waals surface area (Å²) in [6.45, 7) is 5.96. The van der Waals surface area contributed by atoms with Gasteiger partial charge in [0.1, 0.15) is 4.33 Å². The molecule has 0 aliphatic heterocycles. The van der Waals surface area contributed by atoms with E-state index in [4.69, 9.17) is 27.9 Å². The minimum absolute atomic E-state index is 0.103. The van der Waals surface area contributed by atoms with Gasteiger partial charge in [0, 0.05) is 36.8 Å². The number of rotatable bonds is 9. The van der Waals surface area contributed by atoms with E-state index in [0.29, 0.717) is 31.5 Å². The van der Waals surface area contributed by atoms with E-state index in [1.807, 2.05) is 24.3 Å². The van der Waals surface area contributed by atoms with Gasteiger partial charge in [0.05, 0.1) is 12.3 Å². The first-order valence-corrected chi connectivity index (χ1v) is 10.2. The van der Waals surface area contributed by atoms with Crippen LogP contribution in [-0.4, -0.2) is 47.8 Å². The van der Waals surface area contributed by atoms with E-state index < -0.39 is 4.33 Å². The average Bonchev–Trinajstić information content (AvgIpc) is 3.17. The number of anilines is 1. The Bertz CT molecular complexity index is 584. The molecule has 0 heterocycles. The van der Waals surface area contributed by atoms with Crippen molar-refractivity contribution < 1.29 is 9.53 Å². The van der Waals surface area contributed by atoms with E-state index >= 15 is 0 Å². The highest BCUT2D eigenvalue weighted by Gasteiger charge is 2.51. The van der Waals surface area contributed by atoms with Gasteiger partial charge in [-0.15, -0.1) is 35.0 Å². The topological polar surface area (TPSA) is 41.6 Å². The van der Waals surface area contributed by atoms with Crippen molar-refractivity contribution in [3.05, 3.63) is 24.3 Å². The Labute approximate surface area is 164 Å². The summed E-state index contributed by atoms with van der Waals surface area (Å²) in [4.78, 5) is 15.5. The van der Waals surface area contributed by atoms with Crippen LogP contribution in [0.4, 0.5) is 10.5 Å². The quantitative estimate of drug-likeness (QED) is 0.459. The molecule has 0 spiro atoms. The third-order valence-electron chi connectivity index (χ3n) is 3.96. The van der Waals surface area contributed by atoms with Gasteiger partial charge in [0.15, 0.2) is 0 Å². The van der Waals surface area contributed by atoms with Gasteiger partial charge >= 0.3 is 6.03 Å². The van der Waals surface area contributed by atoms with Gasteiger partial charge in [0.25, 0.3) is 0 Å². The molecule has 1 aromatic rings. The Morgan fingerprint density at radius 2 is 2.12 bits per heavy atom. The zero-order chi connectivity index (χ0) is 18.4. The van der Waals surface area contributed by atoms with Crippen LogP contribution in [0.5, 0.6) is 0 Å². The van der Waals surface area contributed by atoms with Crippen LogP contribution in [0.3, 0.4) is 0 Å². The normalized spacial score (nSPS) is 18.2. The number of urea groups is 1. The first-order chi connectivity index (χ1) is 11.8. The predicted octanol–water partition coefficient (Wildman–Crippen LogP) is 5.11. The summed E-state index contributed by atoms with van der Waals surface area (Å²) in [6, 6.07) is 7.72. The maximum Gasteiger partial charge on any atom is 0.321 e. The summed E-state index contributed by atoms with van der Waals surface area (Å²) in [7, 11) is 1.64. The molecule has 1 unspecified atom stereocenters. The number of hydrogen-bond donors (Lipinski definition) is 1. The number of thioether (sulfide) groups is 1. The Morgan fingerprint density at radius 3 is 2.72 bits per heavy atom. The second-order valence-corrected chi connectivity index (χ2v) is 9.34. The molecule has 0 saturated heterocycles. The number of alkyl halides is 2. The van der Waals surface area contributed by atoms with E-state index in [9.17, 15) is 4.79 Å². The molecule has 1 aliphatic carbocycles. The van der Waals surface area contributed by atoms with Crippen LogP contribution in [-0.2, 0) is 4.74 Å². The molecule has 1 aliphatic rings. The van der Waals surface area contributed by atoms with Crippen molar-refractivity contribution in [3.63, 3.8) is 0 Å². The highest BCUT2D eigenvalue weighted by molar-refractivity contribution is 7.99. The van der Waals surface area contributed by atoms with Crippen LogP contribution in [0, 0.1) is 11.8 Å².